The van der Waals surface area contributed by atoms with Crippen molar-refractivity contribution in [3.8, 4) is 11.1 Å². The molecule has 3 aromatic carbocycles. The van der Waals surface area contributed by atoms with E-state index in [1.807, 2.05) is 42.5 Å². The lowest BCUT2D eigenvalue weighted by molar-refractivity contribution is 0.0695. The van der Waals surface area contributed by atoms with Crippen molar-refractivity contribution >= 4 is 32.5 Å². The van der Waals surface area contributed by atoms with Crippen molar-refractivity contribution in [2.75, 3.05) is 17.9 Å². The summed E-state index contributed by atoms with van der Waals surface area (Å²) in [5, 5.41) is 3.78. The second-order valence-corrected chi connectivity index (χ2v) is 12.4. The summed E-state index contributed by atoms with van der Waals surface area (Å²) in [6.07, 6.45) is 1.52. The van der Waals surface area contributed by atoms with Crippen LogP contribution in [0.1, 0.15) is 49.7 Å². The summed E-state index contributed by atoms with van der Waals surface area (Å²) >= 11 is 0. The molecule has 8 heteroatoms. The van der Waals surface area contributed by atoms with Gasteiger partial charge in [-0.1, -0.05) is 63.2 Å². The highest BCUT2D eigenvalue weighted by Gasteiger charge is 2.25. The summed E-state index contributed by atoms with van der Waals surface area (Å²) in [5.41, 5.74) is 4.19. The van der Waals surface area contributed by atoms with Gasteiger partial charge in [0.2, 0.25) is 0 Å². The van der Waals surface area contributed by atoms with Gasteiger partial charge in [0.25, 0.3) is 15.9 Å². The predicted octanol–water partition coefficient (Wildman–Crippen LogP) is 5.84. The zero-order chi connectivity index (χ0) is 26.9. The van der Waals surface area contributed by atoms with Gasteiger partial charge < -0.3 is 15.0 Å². The highest BCUT2D eigenvalue weighted by molar-refractivity contribution is 7.92. The predicted molar refractivity (Wildman–Crippen MR) is 151 cm³/mol. The highest BCUT2D eigenvalue weighted by atomic mass is 32.2. The SMILES string of the molecule is CC(C)(C)c1ccc(NS(=O)(=O)c2ccc3[nH]c(C(=O)NC4CCOCC4)c(-c4ccccc4)c3c2)cc1. The molecule has 0 unspecified atom stereocenters. The number of sulfonamides is 1. The van der Waals surface area contributed by atoms with Gasteiger partial charge in [-0.25, -0.2) is 8.42 Å². The maximum atomic E-state index is 13.4. The summed E-state index contributed by atoms with van der Waals surface area (Å²) < 4.78 is 34.8. The van der Waals surface area contributed by atoms with Crippen LogP contribution in [0.4, 0.5) is 5.69 Å². The Kier molecular flexibility index (Phi) is 7.03. The summed E-state index contributed by atoms with van der Waals surface area (Å²) in [7, 11) is -3.86. The standard InChI is InChI=1S/C30H33N3O4S/c1-30(2,3)21-9-11-23(12-10-21)33-38(35,36)24-13-14-26-25(19-24)27(20-7-5-4-6-8-20)28(32-26)29(34)31-22-15-17-37-18-16-22/h4-14,19,22,32-33H,15-18H2,1-3H3,(H,31,34). The second kappa shape index (κ2) is 10.3. The van der Waals surface area contributed by atoms with Crippen LogP contribution in [0.2, 0.25) is 0 Å². The van der Waals surface area contributed by atoms with E-state index in [-0.39, 0.29) is 22.3 Å². The highest BCUT2D eigenvalue weighted by Crippen LogP contribution is 2.34. The van der Waals surface area contributed by atoms with E-state index in [0.29, 0.717) is 41.1 Å². The molecule has 3 N–H and O–H groups in total. The number of rotatable bonds is 6. The van der Waals surface area contributed by atoms with E-state index in [4.69, 9.17) is 4.74 Å². The van der Waals surface area contributed by atoms with Crippen LogP contribution in [0.25, 0.3) is 22.0 Å². The minimum absolute atomic E-state index is 0.0284. The average molecular weight is 532 g/mol. The van der Waals surface area contributed by atoms with Crippen LogP contribution in [0.5, 0.6) is 0 Å². The Balaban J connectivity index is 1.51. The third-order valence-corrected chi connectivity index (χ3v) is 8.31. The minimum Gasteiger partial charge on any atom is -0.381 e. The Morgan fingerprint density at radius 3 is 2.29 bits per heavy atom. The molecule has 7 nitrogen and oxygen atoms in total. The van der Waals surface area contributed by atoms with Crippen LogP contribution in [-0.2, 0) is 20.2 Å². The van der Waals surface area contributed by atoms with E-state index in [0.717, 1.165) is 24.0 Å². The smallest absolute Gasteiger partial charge is 0.268 e. The fourth-order valence-electron chi connectivity index (χ4n) is 4.76. The van der Waals surface area contributed by atoms with E-state index >= 15 is 0 Å². The molecule has 1 amide bonds. The zero-order valence-corrected chi connectivity index (χ0v) is 22.7. The number of hydrogen-bond donors (Lipinski definition) is 3. The summed E-state index contributed by atoms with van der Waals surface area (Å²) in [5.74, 6) is -0.214. The van der Waals surface area contributed by atoms with Gasteiger partial charge in [-0.3, -0.25) is 9.52 Å². The molecule has 38 heavy (non-hydrogen) atoms. The normalized spacial score (nSPS) is 14.9. The zero-order valence-electron chi connectivity index (χ0n) is 21.9. The Morgan fingerprint density at radius 1 is 0.947 bits per heavy atom. The maximum absolute atomic E-state index is 13.4. The monoisotopic (exact) mass is 531 g/mol. The Bertz CT molecular complexity index is 1550. The third-order valence-electron chi connectivity index (χ3n) is 6.93. The number of anilines is 1. The fraction of sp³-hybridized carbons (Fsp3) is 0.300. The number of nitrogens with one attached hydrogen (secondary N) is 3. The molecule has 0 spiro atoms. The van der Waals surface area contributed by atoms with E-state index in [2.05, 4.69) is 35.8 Å². The molecule has 0 atom stereocenters. The number of aromatic nitrogens is 1. The van der Waals surface area contributed by atoms with Crippen molar-refractivity contribution in [2.24, 2.45) is 0 Å². The minimum atomic E-state index is -3.86. The first-order valence-corrected chi connectivity index (χ1v) is 14.3. The lowest BCUT2D eigenvalue weighted by Gasteiger charge is -2.23. The van der Waals surface area contributed by atoms with E-state index in [9.17, 15) is 13.2 Å². The number of carbonyl (C=O) groups is 1. The number of amides is 1. The Labute approximate surface area is 223 Å². The van der Waals surface area contributed by atoms with E-state index in [1.165, 1.54) is 0 Å². The van der Waals surface area contributed by atoms with Crippen LogP contribution >= 0.6 is 0 Å². The lowest BCUT2D eigenvalue weighted by Crippen LogP contribution is -2.39. The number of hydrogen-bond acceptors (Lipinski definition) is 4. The quantitative estimate of drug-likeness (QED) is 0.291. The van der Waals surface area contributed by atoms with Crippen LogP contribution < -0.4 is 10.0 Å². The van der Waals surface area contributed by atoms with Crippen LogP contribution in [-0.4, -0.2) is 38.6 Å². The van der Waals surface area contributed by atoms with Gasteiger partial charge in [-0.2, -0.15) is 0 Å². The van der Waals surface area contributed by atoms with Crippen molar-refractivity contribution in [1.29, 1.82) is 0 Å². The molecule has 5 rings (SSSR count). The largest absolute Gasteiger partial charge is 0.381 e. The molecule has 0 aliphatic carbocycles. The molecule has 198 valence electrons. The third kappa shape index (κ3) is 5.47. The average Bonchev–Trinajstić information content (AvgIpc) is 3.28. The molecule has 0 radical (unpaired) electrons. The molecule has 4 aromatic rings. The van der Waals surface area contributed by atoms with Crippen molar-refractivity contribution in [1.82, 2.24) is 10.3 Å². The molecule has 0 saturated carbocycles. The molecule has 1 saturated heterocycles. The van der Waals surface area contributed by atoms with Gasteiger partial charge in [0.1, 0.15) is 5.69 Å². The van der Waals surface area contributed by atoms with Gasteiger partial charge in [-0.15, -0.1) is 0 Å². The van der Waals surface area contributed by atoms with Gasteiger partial charge >= 0.3 is 0 Å². The van der Waals surface area contributed by atoms with Gasteiger partial charge in [0.05, 0.1) is 4.90 Å². The van der Waals surface area contributed by atoms with Crippen LogP contribution in [0, 0.1) is 0 Å². The number of H-pyrrole nitrogens is 1. The Hall–Kier alpha value is -3.62. The fourth-order valence-corrected chi connectivity index (χ4v) is 5.85. The van der Waals surface area contributed by atoms with Crippen molar-refractivity contribution in [3.05, 3.63) is 84.1 Å². The van der Waals surface area contributed by atoms with Crippen LogP contribution in [0.3, 0.4) is 0 Å². The summed E-state index contributed by atoms with van der Waals surface area (Å²) in [6.45, 7) is 7.58. The molecule has 1 fully saturated rings. The number of ether oxygens (including phenoxy) is 1. The first kappa shape index (κ1) is 26.0. The van der Waals surface area contributed by atoms with E-state index in [1.54, 1.807) is 30.3 Å². The molecular formula is C30H33N3O4S. The first-order chi connectivity index (χ1) is 18.1. The number of benzene rings is 3. The summed E-state index contributed by atoms with van der Waals surface area (Å²) in [4.78, 5) is 16.7. The first-order valence-electron chi connectivity index (χ1n) is 12.8. The van der Waals surface area contributed by atoms with Gasteiger partial charge in [-0.05, 0) is 59.7 Å². The number of fused-ring (bicyclic) bond motifs is 1. The van der Waals surface area contributed by atoms with Crippen LogP contribution in [0.15, 0.2) is 77.7 Å². The van der Waals surface area contributed by atoms with Crippen molar-refractivity contribution < 1.29 is 17.9 Å². The van der Waals surface area contributed by atoms with Crippen molar-refractivity contribution in [3.63, 3.8) is 0 Å². The van der Waals surface area contributed by atoms with Gasteiger partial charge in [0.15, 0.2) is 0 Å². The second-order valence-electron chi connectivity index (χ2n) is 10.7. The lowest BCUT2D eigenvalue weighted by atomic mass is 9.87. The molecule has 0 bridgehead atoms. The molecular weight excluding hydrogens is 498 g/mol. The molecule has 1 aromatic heterocycles. The molecule has 2 heterocycles. The Morgan fingerprint density at radius 2 is 1.63 bits per heavy atom. The maximum Gasteiger partial charge on any atom is 0.268 e. The number of aromatic amines is 1. The van der Waals surface area contributed by atoms with Crippen molar-refractivity contribution in [2.45, 2.75) is 50.0 Å². The number of carbonyl (C=O) groups excluding carboxylic acids is 1. The molecule has 1 aliphatic heterocycles. The topological polar surface area (TPSA) is 100 Å². The molecule has 1 aliphatic rings. The summed E-state index contributed by atoms with van der Waals surface area (Å²) in [6, 6.07) is 21.9. The van der Waals surface area contributed by atoms with E-state index < -0.39 is 10.0 Å². The van der Waals surface area contributed by atoms with Gasteiger partial charge in [0, 0.05) is 41.4 Å².